The molecule has 28 heavy (non-hydrogen) atoms. The van der Waals surface area contributed by atoms with Crippen LogP contribution in [0.25, 0.3) is 0 Å². The van der Waals surface area contributed by atoms with E-state index in [1.165, 1.54) is 33.2 Å². The van der Waals surface area contributed by atoms with Crippen LogP contribution in [0.2, 0.25) is 0 Å². The highest BCUT2D eigenvalue weighted by Gasteiger charge is 2.20. The highest BCUT2D eigenvalue weighted by atomic mass is 32.2. The van der Waals surface area contributed by atoms with Gasteiger partial charge in [-0.15, -0.1) is 0 Å². The number of rotatable bonds is 7. The first-order valence-corrected chi connectivity index (χ1v) is 10.1. The number of carbonyl (C=O) groups is 2. The fourth-order valence-corrected chi connectivity index (χ4v) is 3.32. The van der Waals surface area contributed by atoms with Gasteiger partial charge in [-0.05, 0) is 50.6 Å². The number of sulfonamides is 1. The number of benzene rings is 2. The molecule has 2 aromatic carbocycles. The Morgan fingerprint density at radius 2 is 1.79 bits per heavy atom. The Labute approximate surface area is 165 Å². The zero-order valence-electron chi connectivity index (χ0n) is 16.5. The van der Waals surface area contributed by atoms with E-state index in [0.717, 1.165) is 9.87 Å². The third-order valence-corrected chi connectivity index (χ3v) is 5.98. The molecular weight excluding hydrogens is 380 g/mol. The van der Waals surface area contributed by atoms with Crippen molar-refractivity contribution in [1.82, 2.24) is 4.31 Å². The fourth-order valence-electron chi connectivity index (χ4n) is 2.39. The first-order chi connectivity index (χ1) is 13.0. The van der Waals surface area contributed by atoms with Gasteiger partial charge in [-0.25, -0.2) is 12.7 Å². The lowest BCUT2D eigenvalue weighted by atomic mass is 10.1. The topological polar surface area (TPSA) is 92.8 Å². The van der Waals surface area contributed by atoms with Crippen molar-refractivity contribution in [1.29, 1.82) is 0 Å². The first-order valence-electron chi connectivity index (χ1n) is 8.64. The number of Topliss-reactive ketones (excluding diaryl/α,β-unsaturated/α-hetero) is 1. The maximum atomic E-state index is 12.5. The van der Waals surface area contributed by atoms with E-state index in [1.54, 1.807) is 44.2 Å². The maximum absolute atomic E-state index is 12.5. The van der Waals surface area contributed by atoms with Crippen molar-refractivity contribution in [3.63, 3.8) is 0 Å². The smallest absolute Gasteiger partial charge is 0.265 e. The third kappa shape index (κ3) is 4.96. The quantitative estimate of drug-likeness (QED) is 0.717. The van der Waals surface area contributed by atoms with Gasteiger partial charge in [-0.3, -0.25) is 9.59 Å². The van der Waals surface area contributed by atoms with Crippen LogP contribution in [0.5, 0.6) is 5.75 Å². The number of amides is 1. The lowest BCUT2D eigenvalue weighted by molar-refractivity contribution is -0.122. The Morgan fingerprint density at radius 1 is 1.11 bits per heavy atom. The van der Waals surface area contributed by atoms with Crippen LogP contribution in [0.4, 0.5) is 5.69 Å². The minimum Gasteiger partial charge on any atom is -0.481 e. The molecule has 1 N–H and O–H groups in total. The van der Waals surface area contributed by atoms with E-state index in [0.29, 0.717) is 17.0 Å². The van der Waals surface area contributed by atoms with E-state index in [9.17, 15) is 18.0 Å². The van der Waals surface area contributed by atoms with Crippen molar-refractivity contribution in [3.8, 4) is 5.75 Å². The molecule has 1 amide bonds. The van der Waals surface area contributed by atoms with Crippen LogP contribution in [0.15, 0.2) is 47.4 Å². The number of carbonyl (C=O) groups excluding carboxylic acids is 2. The molecule has 1 atom stereocenters. The Hall–Kier alpha value is -2.71. The molecule has 8 heteroatoms. The monoisotopic (exact) mass is 404 g/mol. The van der Waals surface area contributed by atoms with Crippen molar-refractivity contribution >= 4 is 27.4 Å². The lowest BCUT2D eigenvalue weighted by Crippen LogP contribution is -2.30. The average Bonchev–Trinajstić information content (AvgIpc) is 2.63. The van der Waals surface area contributed by atoms with Gasteiger partial charge >= 0.3 is 0 Å². The Morgan fingerprint density at radius 3 is 2.39 bits per heavy atom. The van der Waals surface area contributed by atoms with Crippen molar-refractivity contribution < 1.29 is 22.7 Å². The molecule has 0 aromatic heterocycles. The number of hydrogen-bond acceptors (Lipinski definition) is 5. The van der Waals surface area contributed by atoms with E-state index in [4.69, 9.17) is 4.74 Å². The van der Waals surface area contributed by atoms with Crippen LogP contribution in [-0.2, 0) is 14.8 Å². The van der Waals surface area contributed by atoms with E-state index in [-0.39, 0.29) is 10.7 Å². The minimum absolute atomic E-state index is 0.0844. The molecule has 0 heterocycles. The Bertz CT molecular complexity index is 999. The van der Waals surface area contributed by atoms with Crippen molar-refractivity contribution in [2.75, 3.05) is 19.4 Å². The molecule has 0 aliphatic carbocycles. The van der Waals surface area contributed by atoms with Gasteiger partial charge in [-0.1, -0.05) is 18.2 Å². The molecule has 0 aliphatic rings. The number of anilines is 1. The summed E-state index contributed by atoms with van der Waals surface area (Å²) >= 11 is 0. The second-order valence-corrected chi connectivity index (χ2v) is 8.75. The molecule has 150 valence electrons. The van der Waals surface area contributed by atoms with Gasteiger partial charge in [0.15, 0.2) is 11.9 Å². The summed E-state index contributed by atoms with van der Waals surface area (Å²) in [5, 5.41) is 2.71. The van der Waals surface area contributed by atoms with E-state index in [1.807, 2.05) is 0 Å². The van der Waals surface area contributed by atoms with E-state index in [2.05, 4.69) is 5.32 Å². The van der Waals surface area contributed by atoms with Crippen LogP contribution in [-0.4, -0.2) is 44.6 Å². The average molecular weight is 404 g/mol. The van der Waals surface area contributed by atoms with Crippen LogP contribution in [0.3, 0.4) is 0 Å². The summed E-state index contributed by atoms with van der Waals surface area (Å²) in [4.78, 5) is 24.1. The molecule has 0 saturated carbocycles. The summed E-state index contributed by atoms with van der Waals surface area (Å²) in [6, 6.07) is 11.1. The normalized spacial score (nSPS) is 12.5. The first kappa shape index (κ1) is 21.6. The van der Waals surface area contributed by atoms with Gasteiger partial charge in [-0.2, -0.15) is 0 Å². The minimum atomic E-state index is -3.61. The van der Waals surface area contributed by atoms with Gasteiger partial charge in [0.1, 0.15) is 5.75 Å². The van der Waals surface area contributed by atoms with Crippen LogP contribution in [0.1, 0.15) is 29.8 Å². The summed E-state index contributed by atoms with van der Waals surface area (Å²) in [6.07, 6.45) is -0.851. The molecule has 0 radical (unpaired) electrons. The van der Waals surface area contributed by atoms with Gasteiger partial charge < -0.3 is 10.1 Å². The Kier molecular flexibility index (Phi) is 6.58. The van der Waals surface area contributed by atoms with Gasteiger partial charge in [0, 0.05) is 25.3 Å². The zero-order chi connectivity index (χ0) is 21.1. The zero-order valence-corrected chi connectivity index (χ0v) is 17.3. The summed E-state index contributed by atoms with van der Waals surface area (Å²) in [6.45, 7) is 4.79. The summed E-state index contributed by atoms with van der Waals surface area (Å²) < 4.78 is 31.3. The number of aryl methyl sites for hydroxylation is 1. The standard InChI is InChI=1S/C20H24N2O5S/c1-13-9-10-18(28(25,26)22(4)5)12-19(13)21-20(24)15(3)27-17-8-6-7-16(11-17)14(2)23/h6-12,15H,1-5H3,(H,21,24). The predicted molar refractivity (Wildman–Crippen MR) is 107 cm³/mol. The van der Waals surface area contributed by atoms with Crippen molar-refractivity contribution in [2.24, 2.45) is 0 Å². The third-order valence-electron chi connectivity index (χ3n) is 4.17. The summed E-state index contributed by atoms with van der Waals surface area (Å²) in [5.74, 6) is -0.135. The van der Waals surface area contributed by atoms with Crippen molar-refractivity contribution in [3.05, 3.63) is 53.6 Å². The summed E-state index contributed by atoms with van der Waals surface area (Å²) in [7, 11) is -0.729. The largest absolute Gasteiger partial charge is 0.481 e. The summed E-state index contributed by atoms with van der Waals surface area (Å²) in [5.41, 5.74) is 1.60. The second kappa shape index (κ2) is 8.53. The SMILES string of the molecule is CC(=O)c1cccc(OC(C)C(=O)Nc2cc(S(=O)(=O)N(C)C)ccc2C)c1. The number of ketones is 1. The molecule has 0 saturated heterocycles. The van der Waals surface area contributed by atoms with Crippen LogP contribution >= 0.6 is 0 Å². The maximum Gasteiger partial charge on any atom is 0.265 e. The molecule has 2 rings (SSSR count). The molecule has 2 aromatic rings. The molecule has 7 nitrogen and oxygen atoms in total. The van der Waals surface area contributed by atoms with E-state index < -0.39 is 22.0 Å². The number of hydrogen-bond donors (Lipinski definition) is 1. The van der Waals surface area contributed by atoms with E-state index >= 15 is 0 Å². The lowest BCUT2D eigenvalue weighted by Gasteiger charge is -2.17. The van der Waals surface area contributed by atoms with Crippen LogP contribution in [0, 0.1) is 6.92 Å². The molecular formula is C20H24N2O5S. The number of nitrogens with one attached hydrogen (secondary N) is 1. The highest BCUT2D eigenvalue weighted by molar-refractivity contribution is 7.89. The van der Waals surface area contributed by atoms with Crippen LogP contribution < -0.4 is 10.1 Å². The molecule has 0 fully saturated rings. The van der Waals surface area contributed by atoms with Gasteiger partial charge in [0.05, 0.1) is 4.90 Å². The molecule has 1 unspecified atom stereocenters. The molecule has 0 spiro atoms. The Balaban J connectivity index is 2.18. The second-order valence-electron chi connectivity index (χ2n) is 6.60. The molecule has 0 aliphatic heterocycles. The van der Waals surface area contributed by atoms with Gasteiger partial charge in [0.2, 0.25) is 10.0 Å². The van der Waals surface area contributed by atoms with Gasteiger partial charge in [0.25, 0.3) is 5.91 Å². The molecule has 0 bridgehead atoms. The highest BCUT2D eigenvalue weighted by Crippen LogP contribution is 2.23. The van der Waals surface area contributed by atoms with Crippen molar-refractivity contribution in [2.45, 2.75) is 31.8 Å². The number of nitrogens with zero attached hydrogens (tertiary/aromatic N) is 1. The fraction of sp³-hybridized carbons (Fsp3) is 0.300. The number of ether oxygens (including phenoxy) is 1. The predicted octanol–water partition coefficient (Wildman–Crippen LogP) is 2.85.